The van der Waals surface area contributed by atoms with Gasteiger partial charge in [0, 0.05) is 25.2 Å². The summed E-state index contributed by atoms with van der Waals surface area (Å²) >= 11 is 0. The number of aromatic nitrogens is 3. The smallest absolute Gasteiger partial charge is 0.271 e. The number of nitrogens with zero attached hydrogens (tertiary/aromatic N) is 3. The van der Waals surface area contributed by atoms with Gasteiger partial charge in [0.1, 0.15) is 5.82 Å². The monoisotopic (exact) mass is 380 g/mol. The molecule has 144 valence electrons. The van der Waals surface area contributed by atoms with Gasteiger partial charge >= 0.3 is 0 Å². The van der Waals surface area contributed by atoms with E-state index in [2.05, 4.69) is 15.6 Å². The zero-order valence-electron chi connectivity index (χ0n) is 15.3. The third-order valence-electron chi connectivity index (χ3n) is 5.26. The first-order chi connectivity index (χ1) is 13.7. The average Bonchev–Trinajstić information content (AvgIpc) is 3.23. The fraction of sp³-hybridized carbons (Fsp3) is 0.286. The average molecular weight is 380 g/mol. The van der Waals surface area contributed by atoms with Crippen LogP contribution in [-0.4, -0.2) is 40.7 Å². The molecule has 3 aromatic rings. The van der Waals surface area contributed by atoms with Crippen LogP contribution in [0.15, 0.2) is 60.8 Å². The van der Waals surface area contributed by atoms with E-state index in [1.165, 1.54) is 16.9 Å². The van der Waals surface area contributed by atoms with Gasteiger partial charge in [-0.25, -0.2) is 9.07 Å². The van der Waals surface area contributed by atoms with Crippen molar-refractivity contribution < 1.29 is 13.9 Å². The predicted molar refractivity (Wildman–Crippen MR) is 102 cm³/mol. The third-order valence-corrected chi connectivity index (χ3v) is 5.26. The van der Waals surface area contributed by atoms with Crippen LogP contribution in [0.3, 0.4) is 0 Å². The molecular formula is C21H21FN4O2. The van der Waals surface area contributed by atoms with Gasteiger partial charge in [0.05, 0.1) is 11.9 Å². The molecule has 4 rings (SSSR count). The Bertz CT molecular complexity index is 952. The standard InChI is InChI=1S/C21H21FN4O2/c22-17-6-4-5-16(13-17)21(9-11-28-12-10-21)15-23-20(27)19-14-24-25-26(19)18-7-2-1-3-8-18/h1-8,13-14H,9-12,15H2,(H,23,27). The number of hydrogen-bond donors (Lipinski definition) is 1. The minimum absolute atomic E-state index is 0.267. The molecule has 1 amide bonds. The molecule has 0 unspecified atom stereocenters. The molecule has 1 aliphatic heterocycles. The van der Waals surface area contributed by atoms with Crippen molar-refractivity contribution in [2.24, 2.45) is 0 Å². The van der Waals surface area contributed by atoms with Crippen molar-refractivity contribution in [2.45, 2.75) is 18.3 Å². The van der Waals surface area contributed by atoms with Crippen LogP contribution in [0.2, 0.25) is 0 Å². The Morgan fingerprint density at radius 3 is 2.68 bits per heavy atom. The van der Waals surface area contributed by atoms with Gasteiger partial charge in [0.25, 0.3) is 5.91 Å². The van der Waals surface area contributed by atoms with Gasteiger partial charge in [-0.3, -0.25) is 4.79 Å². The van der Waals surface area contributed by atoms with Crippen molar-refractivity contribution in [1.29, 1.82) is 0 Å². The minimum atomic E-state index is -0.360. The summed E-state index contributed by atoms with van der Waals surface area (Å²) in [5, 5.41) is 10.9. The molecule has 28 heavy (non-hydrogen) atoms. The van der Waals surface area contributed by atoms with Gasteiger partial charge in [0.2, 0.25) is 0 Å². The van der Waals surface area contributed by atoms with E-state index in [0.29, 0.717) is 38.3 Å². The summed E-state index contributed by atoms with van der Waals surface area (Å²) in [5.74, 6) is -0.544. The zero-order valence-corrected chi connectivity index (χ0v) is 15.3. The Kier molecular flexibility index (Phi) is 5.16. The summed E-state index contributed by atoms with van der Waals surface area (Å²) in [7, 11) is 0. The number of amides is 1. The summed E-state index contributed by atoms with van der Waals surface area (Å²) in [5.41, 5.74) is 1.63. The molecule has 7 heteroatoms. The fourth-order valence-corrected chi connectivity index (χ4v) is 3.64. The number of ether oxygens (including phenoxy) is 1. The lowest BCUT2D eigenvalue weighted by molar-refractivity contribution is 0.0485. The summed E-state index contributed by atoms with van der Waals surface area (Å²) in [4.78, 5) is 12.9. The molecule has 0 spiro atoms. The van der Waals surface area contributed by atoms with Crippen molar-refractivity contribution in [3.63, 3.8) is 0 Å². The molecule has 0 atom stereocenters. The molecule has 0 saturated carbocycles. The van der Waals surface area contributed by atoms with Crippen LogP contribution in [0.1, 0.15) is 28.9 Å². The Balaban J connectivity index is 1.56. The van der Waals surface area contributed by atoms with E-state index in [-0.39, 0.29) is 17.1 Å². The maximum atomic E-state index is 13.8. The van der Waals surface area contributed by atoms with E-state index in [1.54, 1.807) is 12.1 Å². The predicted octanol–water partition coefficient (Wildman–Crippen LogP) is 2.88. The maximum Gasteiger partial charge on any atom is 0.271 e. The first kappa shape index (κ1) is 18.3. The fourth-order valence-electron chi connectivity index (χ4n) is 3.64. The van der Waals surface area contributed by atoms with Crippen LogP contribution < -0.4 is 5.32 Å². The van der Waals surface area contributed by atoms with E-state index in [1.807, 2.05) is 36.4 Å². The van der Waals surface area contributed by atoms with Crippen LogP contribution >= 0.6 is 0 Å². The number of carbonyl (C=O) groups excluding carboxylic acids is 1. The molecule has 1 aliphatic rings. The van der Waals surface area contributed by atoms with E-state index in [4.69, 9.17) is 4.74 Å². The Hall–Kier alpha value is -3.06. The SMILES string of the molecule is O=C(NCC1(c2cccc(F)c2)CCOCC1)c1cnnn1-c1ccccc1. The third kappa shape index (κ3) is 3.66. The zero-order chi connectivity index (χ0) is 19.4. The number of rotatable bonds is 5. The van der Waals surface area contributed by atoms with Crippen molar-refractivity contribution in [1.82, 2.24) is 20.3 Å². The van der Waals surface area contributed by atoms with Crippen LogP contribution in [0, 0.1) is 5.82 Å². The van der Waals surface area contributed by atoms with E-state index >= 15 is 0 Å². The van der Waals surface area contributed by atoms with Crippen LogP contribution in [0.4, 0.5) is 4.39 Å². The van der Waals surface area contributed by atoms with Crippen molar-refractivity contribution >= 4 is 5.91 Å². The maximum absolute atomic E-state index is 13.8. The highest BCUT2D eigenvalue weighted by atomic mass is 19.1. The molecule has 6 nitrogen and oxygen atoms in total. The number of carbonyl (C=O) groups is 1. The second kappa shape index (κ2) is 7.90. The summed E-state index contributed by atoms with van der Waals surface area (Å²) < 4.78 is 20.8. The Labute approximate surface area is 162 Å². The van der Waals surface area contributed by atoms with Crippen molar-refractivity contribution in [3.05, 3.63) is 77.9 Å². The molecule has 0 bridgehead atoms. The van der Waals surface area contributed by atoms with Crippen molar-refractivity contribution in [3.8, 4) is 5.69 Å². The molecule has 1 saturated heterocycles. The molecule has 1 aromatic heterocycles. The summed E-state index contributed by atoms with van der Waals surface area (Å²) in [6.07, 6.45) is 2.88. The second-order valence-electron chi connectivity index (χ2n) is 6.95. The van der Waals surface area contributed by atoms with E-state index in [9.17, 15) is 9.18 Å². The Morgan fingerprint density at radius 2 is 1.93 bits per heavy atom. The van der Waals surface area contributed by atoms with Crippen LogP contribution in [0.5, 0.6) is 0 Å². The van der Waals surface area contributed by atoms with Gasteiger partial charge < -0.3 is 10.1 Å². The van der Waals surface area contributed by atoms with E-state index in [0.717, 1.165) is 11.3 Å². The van der Waals surface area contributed by atoms with Crippen LogP contribution in [0.25, 0.3) is 5.69 Å². The molecule has 0 radical (unpaired) electrons. The number of benzene rings is 2. The van der Waals surface area contributed by atoms with Gasteiger partial charge in [-0.05, 0) is 42.7 Å². The van der Waals surface area contributed by atoms with Gasteiger partial charge in [0.15, 0.2) is 5.69 Å². The number of para-hydroxylation sites is 1. The first-order valence-corrected chi connectivity index (χ1v) is 9.26. The van der Waals surface area contributed by atoms with Crippen LogP contribution in [-0.2, 0) is 10.2 Å². The summed E-state index contributed by atoms with van der Waals surface area (Å²) in [6.45, 7) is 1.55. The summed E-state index contributed by atoms with van der Waals surface area (Å²) in [6, 6.07) is 16.0. The topological polar surface area (TPSA) is 69.0 Å². The normalized spacial score (nSPS) is 15.9. The molecule has 0 aliphatic carbocycles. The Morgan fingerprint density at radius 1 is 1.14 bits per heavy atom. The molecule has 1 N–H and O–H groups in total. The molecule has 1 fully saturated rings. The number of nitrogens with one attached hydrogen (secondary N) is 1. The lowest BCUT2D eigenvalue weighted by Gasteiger charge is -2.38. The molecular weight excluding hydrogens is 359 g/mol. The lowest BCUT2D eigenvalue weighted by atomic mass is 9.74. The van der Waals surface area contributed by atoms with Gasteiger partial charge in [-0.2, -0.15) is 0 Å². The molecule has 2 aromatic carbocycles. The van der Waals surface area contributed by atoms with E-state index < -0.39 is 0 Å². The highest BCUT2D eigenvalue weighted by molar-refractivity contribution is 5.92. The van der Waals surface area contributed by atoms with Gasteiger partial charge in [-0.1, -0.05) is 35.5 Å². The quantitative estimate of drug-likeness (QED) is 0.739. The second-order valence-corrected chi connectivity index (χ2v) is 6.95. The highest BCUT2D eigenvalue weighted by Crippen LogP contribution is 2.34. The molecule has 2 heterocycles. The number of halogens is 1. The minimum Gasteiger partial charge on any atom is -0.381 e. The largest absolute Gasteiger partial charge is 0.381 e. The lowest BCUT2D eigenvalue weighted by Crippen LogP contribution is -2.45. The highest BCUT2D eigenvalue weighted by Gasteiger charge is 2.35. The van der Waals surface area contributed by atoms with Gasteiger partial charge in [-0.15, -0.1) is 5.10 Å². The first-order valence-electron chi connectivity index (χ1n) is 9.26. The number of hydrogen-bond acceptors (Lipinski definition) is 4. The van der Waals surface area contributed by atoms with Crippen molar-refractivity contribution in [2.75, 3.05) is 19.8 Å².